The summed E-state index contributed by atoms with van der Waals surface area (Å²) < 4.78 is 7.10. The first-order chi connectivity index (χ1) is 13.6. The molecule has 0 fully saturated rings. The maximum Gasteiger partial charge on any atom is 0.240 e. The van der Waals surface area contributed by atoms with Gasteiger partial charge in [-0.3, -0.25) is 14.7 Å². The van der Waals surface area contributed by atoms with Crippen molar-refractivity contribution in [2.75, 3.05) is 25.5 Å². The largest absolute Gasteiger partial charge is 0.497 e. The molecular formula is C22H24N4O2. The highest BCUT2D eigenvalue weighted by Gasteiger charge is 2.14. The molecule has 0 saturated heterocycles. The molecule has 0 spiro atoms. The van der Waals surface area contributed by atoms with Crippen LogP contribution in [-0.4, -0.2) is 35.7 Å². The Labute approximate surface area is 164 Å². The number of anilines is 1. The molecule has 0 unspecified atom stereocenters. The van der Waals surface area contributed by atoms with Gasteiger partial charge < -0.3 is 10.1 Å². The van der Waals surface area contributed by atoms with E-state index in [0.717, 1.165) is 22.7 Å². The zero-order chi connectivity index (χ0) is 19.9. The van der Waals surface area contributed by atoms with E-state index < -0.39 is 0 Å². The Kier molecular flexibility index (Phi) is 6.24. The molecule has 0 atom stereocenters. The van der Waals surface area contributed by atoms with Gasteiger partial charge in [0, 0.05) is 24.0 Å². The van der Waals surface area contributed by atoms with Gasteiger partial charge in [-0.1, -0.05) is 23.8 Å². The zero-order valence-corrected chi connectivity index (χ0v) is 16.1. The van der Waals surface area contributed by atoms with Gasteiger partial charge in [-0.25, -0.2) is 4.98 Å². The number of carbonyl (C=O) groups is 1. The topological polar surface area (TPSA) is 68.2 Å². The lowest BCUT2D eigenvalue weighted by Crippen LogP contribution is -2.29. The molecule has 0 saturated carbocycles. The van der Waals surface area contributed by atoms with Crippen LogP contribution in [0.5, 0.6) is 5.75 Å². The second-order valence-corrected chi connectivity index (χ2v) is 6.35. The number of methoxy groups -OCH3 is 1. The average molecular weight is 376 g/mol. The van der Waals surface area contributed by atoms with Crippen LogP contribution in [0.3, 0.4) is 0 Å². The first kappa shape index (κ1) is 19.4. The molecule has 0 aliphatic heterocycles. The minimum Gasteiger partial charge on any atom is -0.497 e. The molecule has 1 aromatic heterocycles. The minimum atomic E-state index is -0.165. The average Bonchev–Trinajstić information content (AvgIpc) is 3.12. The predicted octanol–water partition coefficient (Wildman–Crippen LogP) is 3.57. The number of nitrogens with zero attached hydrogens (tertiary/aromatic N) is 2. The quantitative estimate of drug-likeness (QED) is 0.466. The number of amides is 1. The summed E-state index contributed by atoms with van der Waals surface area (Å²) in [7, 11) is 1.63. The SMILES string of the molecule is C=CCNCC(=O)Nc1nc(-c2ccc(OC)cc2)cn1-c1ccc(C)cc1. The number of benzene rings is 2. The third kappa shape index (κ3) is 4.66. The number of rotatable bonds is 8. The van der Waals surface area contributed by atoms with Crippen molar-refractivity contribution >= 4 is 11.9 Å². The summed E-state index contributed by atoms with van der Waals surface area (Å²) in [6.45, 7) is 6.42. The van der Waals surface area contributed by atoms with Crippen molar-refractivity contribution in [3.05, 3.63) is 72.9 Å². The van der Waals surface area contributed by atoms with Crippen molar-refractivity contribution in [3.8, 4) is 22.7 Å². The molecule has 0 radical (unpaired) electrons. The summed E-state index contributed by atoms with van der Waals surface area (Å²) in [5, 5.41) is 5.88. The van der Waals surface area contributed by atoms with Crippen molar-refractivity contribution in [2.45, 2.75) is 6.92 Å². The fourth-order valence-electron chi connectivity index (χ4n) is 2.73. The van der Waals surface area contributed by atoms with Crippen LogP contribution in [0.25, 0.3) is 16.9 Å². The van der Waals surface area contributed by atoms with Crippen LogP contribution in [0.2, 0.25) is 0 Å². The molecule has 6 heteroatoms. The monoisotopic (exact) mass is 376 g/mol. The van der Waals surface area contributed by atoms with Crippen LogP contribution in [0.15, 0.2) is 67.4 Å². The Morgan fingerprint density at radius 3 is 2.54 bits per heavy atom. The van der Waals surface area contributed by atoms with Gasteiger partial charge in [-0.2, -0.15) is 0 Å². The third-order valence-electron chi connectivity index (χ3n) is 4.23. The minimum absolute atomic E-state index is 0.165. The maximum atomic E-state index is 12.3. The molecule has 1 amide bonds. The number of aromatic nitrogens is 2. The third-order valence-corrected chi connectivity index (χ3v) is 4.23. The smallest absolute Gasteiger partial charge is 0.240 e. The van der Waals surface area contributed by atoms with E-state index in [4.69, 9.17) is 4.74 Å². The summed E-state index contributed by atoms with van der Waals surface area (Å²) in [5.74, 6) is 1.09. The van der Waals surface area contributed by atoms with Gasteiger partial charge in [0.05, 0.1) is 19.3 Å². The first-order valence-electron chi connectivity index (χ1n) is 9.03. The second-order valence-electron chi connectivity index (χ2n) is 6.35. The van der Waals surface area contributed by atoms with Gasteiger partial charge >= 0.3 is 0 Å². The Bertz CT molecular complexity index is 944. The molecule has 6 nitrogen and oxygen atoms in total. The standard InChI is InChI=1S/C22H24N4O2/c1-4-13-23-14-21(27)25-22-24-20(17-7-11-19(28-3)12-8-17)15-26(22)18-9-5-16(2)6-10-18/h4-12,15,23H,1,13-14H2,2-3H3,(H,24,25,27). The number of aryl methyl sites for hydroxylation is 1. The van der Waals surface area contributed by atoms with Gasteiger partial charge in [-0.15, -0.1) is 6.58 Å². The van der Waals surface area contributed by atoms with Crippen molar-refractivity contribution in [1.82, 2.24) is 14.9 Å². The number of hydrogen-bond donors (Lipinski definition) is 2. The maximum absolute atomic E-state index is 12.3. The number of carbonyl (C=O) groups excluding carboxylic acids is 1. The van der Waals surface area contributed by atoms with E-state index in [1.54, 1.807) is 13.2 Å². The van der Waals surface area contributed by atoms with Crippen molar-refractivity contribution < 1.29 is 9.53 Å². The van der Waals surface area contributed by atoms with E-state index in [1.165, 1.54) is 5.56 Å². The van der Waals surface area contributed by atoms with Gasteiger partial charge in [0.2, 0.25) is 11.9 Å². The molecule has 2 N–H and O–H groups in total. The van der Waals surface area contributed by atoms with Crippen LogP contribution < -0.4 is 15.4 Å². The summed E-state index contributed by atoms with van der Waals surface area (Å²) in [5.41, 5.74) is 3.79. The lowest BCUT2D eigenvalue weighted by molar-refractivity contribution is -0.115. The van der Waals surface area contributed by atoms with Crippen LogP contribution in [0, 0.1) is 6.92 Å². The van der Waals surface area contributed by atoms with Gasteiger partial charge in [0.25, 0.3) is 0 Å². The van der Waals surface area contributed by atoms with Gasteiger partial charge in [0.1, 0.15) is 5.75 Å². The van der Waals surface area contributed by atoms with Crippen LogP contribution in [0.1, 0.15) is 5.56 Å². The Balaban J connectivity index is 1.92. The Morgan fingerprint density at radius 1 is 1.18 bits per heavy atom. The second kappa shape index (κ2) is 9.01. The molecule has 144 valence electrons. The fourth-order valence-corrected chi connectivity index (χ4v) is 2.73. The van der Waals surface area contributed by atoms with E-state index in [9.17, 15) is 4.79 Å². The lowest BCUT2D eigenvalue weighted by Gasteiger charge is -2.09. The molecule has 0 aliphatic rings. The molecule has 3 rings (SSSR count). The van der Waals surface area contributed by atoms with Gasteiger partial charge in [-0.05, 0) is 43.3 Å². The number of nitrogens with one attached hydrogen (secondary N) is 2. The fraction of sp³-hybridized carbons (Fsp3) is 0.182. The summed E-state index contributed by atoms with van der Waals surface area (Å²) >= 11 is 0. The van der Waals surface area contributed by atoms with Crippen molar-refractivity contribution in [3.63, 3.8) is 0 Å². The summed E-state index contributed by atoms with van der Waals surface area (Å²) in [6.07, 6.45) is 3.63. The van der Waals surface area contributed by atoms with Crippen LogP contribution in [-0.2, 0) is 4.79 Å². The zero-order valence-electron chi connectivity index (χ0n) is 16.1. The molecule has 3 aromatic rings. The van der Waals surface area contributed by atoms with E-state index in [2.05, 4.69) is 22.2 Å². The highest BCUT2D eigenvalue weighted by atomic mass is 16.5. The molecule has 0 bridgehead atoms. The molecule has 2 aromatic carbocycles. The number of imidazole rings is 1. The van der Waals surface area contributed by atoms with E-state index >= 15 is 0 Å². The molecule has 0 aliphatic carbocycles. The lowest BCUT2D eigenvalue weighted by atomic mass is 10.1. The molecule has 1 heterocycles. The van der Waals surface area contributed by atoms with E-state index in [-0.39, 0.29) is 12.5 Å². The highest BCUT2D eigenvalue weighted by molar-refractivity contribution is 5.91. The summed E-state index contributed by atoms with van der Waals surface area (Å²) in [4.78, 5) is 16.9. The van der Waals surface area contributed by atoms with Crippen LogP contribution >= 0.6 is 0 Å². The van der Waals surface area contributed by atoms with E-state index in [0.29, 0.717) is 12.5 Å². The predicted molar refractivity (Wildman–Crippen MR) is 112 cm³/mol. The molecular weight excluding hydrogens is 352 g/mol. The van der Waals surface area contributed by atoms with Gasteiger partial charge in [0.15, 0.2) is 0 Å². The van der Waals surface area contributed by atoms with Crippen molar-refractivity contribution in [1.29, 1.82) is 0 Å². The number of ether oxygens (including phenoxy) is 1. The molecule has 28 heavy (non-hydrogen) atoms. The summed E-state index contributed by atoms with van der Waals surface area (Å²) in [6, 6.07) is 15.7. The van der Waals surface area contributed by atoms with E-state index in [1.807, 2.05) is 66.2 Å². The Morgan fingerprint density at radius 2 is 1.89 bits per heavy atom. The number of hydrogen-bond acceptors (Lipinski definition) is 4. The first-order valence-corrected chi connectivity index (χ1v) is 9.03. The van der Waals surface area contributed by atoms with Crippen LogP contribution in [0.4, 0.5) is 5.95 Å². The Hall–Kier alpha value is -3.38. The normalized spacial score (nSPS) is 10.5. The van der Waals surface area contributed by atoms with Crippen molar-refractivity contribution in [2.24, 2.45) is 0 Å². The highest BCUT2D eigenvalue weighted by Crippen LogP contribution is 2.26.